The van der Waals surface area contributed by atoms with Crippen molar-refractivity contribution in [2.45, 2.75) is 32.4 Å². The Morgan fingerprint density at radius 2 is 1.61 bits per heavy atom. The van der Waals surface area contributed by atoms with Crippen molar-refractivity contribution >= 4 is 23.5 Å². The third-order valence-corrected chi connectivity index (χ3v) is 6.20. The number of anilines is 1. The maximum absolute atomic E-state index is 14.6. The molecule has 36 heavy (non-hydrogen) atoms. The van der Waals surface area contributed by atoms with Crippen molar-refractivity contribution in [3.05, 3.63) is 99.6 Å². The highest BCUT2D eigenvalue weighted by Crippen LogP contribution is 2.43. The van der Waals surface area contributed by atoms with Crippen LogP contribution < -0.4 is 10.2 Å². The molecule has 4 rings (SSSR count). The zero-order chi connectivity index (χ0) is 26.4. The van der Waals surface area contributed by atoms with E-state index < -0.39 is 58.6 Å². The van der Waals surface area contributed by atoms with Gasteiger partial charge in [0.1, 0.15) is 23.3 Å². The standard InChI is InChI=1S/C26H20F4N2O4/c1-26(2)18-7-6-13(23(33)31-11-16-20(29)9-14(27)10-21(16)30)8-22(18)32(25(26)36)12-17-15(24(34)35)4-3-5-19(17)28/h3-10H,11-12H2,1-2H3,(H,31,33)(H,34,35). The molecule has 6 nitrogen and oxygen atoms in total. The van der Waals surface area contributed by atoms with Crippen LogP contribution in [0.4, 0.5) is 23.2 Å². The highest BCUT2D eigenvalue weighted by Gasteiger charge is 2.44. The van der Waals surface area contributed by atoms with E-state index in [9.17, 15) is 37.1 Å². The molecule has 0 fully saturated rings. The topological polar surface area (TPSA) is 86.7 Å². The molecule has 3 aromatic carbocycles. The molecule has 10 heteroatoms. The number of carbonyl (C=O) groups is 3. The van der Waals surface area contributed by atoms with E-state index in [2.05, 4.69) is 5.32 Å². The van der Waals surface area contributed by atoms with Gasteiger partial charge in [-0.25, -0.2) is 22.4 Å². The molecule has 0 atom stereocenters. The summed E-state index contributed by atoms with van der Waals surface area (Å²) in [5, 5.41) is 11.8. The van der Waals surface area contributed by atoms with Gasteiger partial charge < -0.3 is 15.3 Å². The summed E-state index contributed by atoms with van der Waals surface area (Å²) in [6.07, 6.45) is 0. The Hall–Kier alpha value is -4.21. The summed E-state index contributed by atoms with van der Waals surface area (Å²) in [7, 11) is 0. The smallest absolute Gasteiger partial charge is 0.336 e. The molecule has 3 aromatic rings. The Morgan fingerprint density at radius 3 is 2.25 bits per heavy atom. The quantitative estimate of drug-likeness (QED) is 0.481. The van der Waals surface area contributed by atoms with Gasteiger partial charge in [-0.05, 0) is 43.7 Å². The zero-order valence-electron chi connectivity index (χ0n) is 19.2. The van der Waals surface area contributed by atoms with Gasteiger partial charge in [-0.15, -0.1) is 0 Å². The number of benzene rings is 3. The molecule has 0 radical (unpaired) electrons. The number of amides is 2. The lowest BCUT2D eigenvalue weighted by atomic mass is 9.86. The second kappa shape index (κ2) is 9.10. The monoisotopic (exact) mass is 500 g/mol. The van der Waals surface area contributed by atoms with Crippen molar-refractivity contribution in [2.24, 2.45) is 0 Å². The molecule has 2 amide bonds. The van der Waals surface area contributed by atoms with E-state index in [1.165, 1.54) is 29.2 Å². The average Bonchev–Trinajstić information content (AvgIpc) is 2.99. The number of hydrogen-bond acceptors (Lipinski definition) is 3. The second-order valence-corrected chi connectivity index (χ2v) is 8.85. The van der Waals surface area contributed by atoms with Gasteiger partial charge in [-0.3, -0.25) is 9.59 Å². The summed E-state index contributed by atoms with van der Waals surface area (Å²) >= 11 is 0. The van der Waals surface area contributed by atoms with E-state index >= 15 is 0 Å². The van der Waals surface area contributed by atoms with Gasteiger partial charge in [0.05, 0.1) is 17.5 Å². The SMILES string of the molecule is CC1(C)C(=O)N(Cc2c(F)cccc2C(=O)O)c2cc(C(=O)NCc3c(F)cc(F)cc3F)ccc21. The van der Waals surface area contributed by atoms with E-state index in [0.717, 1.165) is 6.07 Å². The van der Waals surface area contributed by atoms with Crippen molar-refractivity contribution in [2.75, 3.05) is 4.90 Å². The molecule has 0 aliphatic carbocycles. The first kappa shape index (κ1) is 24.9. The largest absolute Gasteiger partial charge is 0.478 e. The summed E-state index contributed by atoms with van der Waals surface area (Å²) in [5.74, 6) is -6.71. The molecule has 1 aliphatic rings. The summed E-state index contributed by atoms with van der Waals surface area (Å²) in [4.78, 5) is 38.8. The number of carboxylic acid groups (broad SMARTS) is 1. The fourth-order valence-corrected chi connectivity index (χ4v) is 4.23. The predicted molar refractivity (Wildman–Crippen MR) is 122 cm³/mol. The number of aromatic carboxylic acids is 1. The Morgan fingerprint density at radius 1 is 0.944 bits per heavy atom. The number of carboxylic acids is 1. The van der Waals surface area contributed by atoms with Gasteiger partial charge in [-0.2, -0.15) is 0 Å². The number of rotatable bonds is 6. The molecule has 1 heterocycles. The minimum atomic E-state index is -1.36. The maximum Gasteiger partial charge on any atom is 0.336 e. The van der Waals surface area contributed by atoms with Crippen molar-refractivity contribution < 1.29 is 37.1 Å². The van der Waals surface area contributed by atoms with E-state index in [0.29, 0.717) is 17.7 Å². The van der Waals surface area contributed by atoms with Crippen LogP contribution in [0.5, 0.6) is 0 Å². The van der Waals surface area contributed by atoms with Crippen LogP contribution in [-0.4, -0.2) is 22.9 Å². The van der Waals surface area contributed by atoms with Crippen LogP contribution in [0.25, 0.3) is 0 Å². The third-order valence-electron chi connectivity index (χ3n) is 6.20. The highest BCUT2D eigenvalue weighted by atomic mass is 19.1. The summed E-state index contributed by atoms with van der Waals surface area (Å²) in [6, 6.07) is 8.91. The fourth-order valence-electron chi connectivity index (χ4n) is 4.23. The van der Waals surface area contributed by atoms with Gasteiger partial charge in [0.25, 0.3) is 5.91 Å². The van der Waals surface area contributed by atoms with E-state index in [1.54, 1.807) is 19.9 Å². The summed E-state index contributed by atoms with van der Waals surface area (Å²) < 4.78 is 55.5. The lowest BCUT2D eigenvalue weighted by Crippen LogP contribution is -2.36. The summed E-state index contributed by atoms with van der Waals surface area (Å²) in [5.41, 5.74) is -1.21. The van der Waals surface area contributed by atoms with Gasteiger partial charge in [0, 0.05) is 41.1 Å². The van der Waals surface area contributed by atoms with Gasteiger partial charge in [0.2, 0.25) is 5.91 Å². The maximum atomic E-state index is 14.6. The first-order valence-corrected chi connectivity index (χ1v) is 10.8. The molecule has 2 N–H and O–H groups in total. The van der Waals surface area contributed by atoms with Crippen LogP contribution in [0.3, 0.4) is 0 Å². The van der Waals surface area contributed by atoms with Crippen LogP contribution >= 0.6 is 0 Å². The Labute approximate surface area is 203 Å². The van der Waals surface area contributed by atoms with Gasteiger partial charge in [-0.1, -0.05) is 12.1 Å². The second-order valence-electron chi connectivity index (χ2n) is 8.85. The fraction of sp³-hybridized carbons (Fsp3) is 0.192. The van der Waals surface area contributed by atoms with Crippen molar-refractivity contribution in [1.29, 1.82) is 0 Å². The highest BCUT2D eigenvalue weighted by molar-refractivity contribution is 6.09. The van der Waals surface area contributed by atoms with Crippen LogP contribution in [0.2, 0.25) is 0 Å². The number of carbonyl (C=O) groups excluding carboxylic acids is 2. The molecule has 0 bridgehead atoms. The molecule has 0 unspecified atom stereocenters. The lowest BCUT2D eigenvalue weighted by molar-refractivity contribution is -0.122. The Kier molecular flexibility index (Phi) is 6.30. The minimum absolute atomic E-state index is 0.0409. The van der Waals surface area contributed by atoms with Crippen LogP contribution in [0.1, 0.15) is 51.3 Å². The number of hydrogen-bond donors (Lipinski definition) is 2. The molecule has 0 spiro atoms. The number of nitrogens with zero attached hydrogens (tertiary/aromatic N) is 1. The summed E-state index contributed by atoms with van der Waals surface area (Å²) in [6.45, 7) is 2.35. The van der Waals surface area contributed by atoms with E-state index in [1.807, 2.05) is 0 Å². The molecular weight excluding hydrogens is 480 g/mol. The van der Waals surface area contributed by atoms with Gasteiger partial charge in [0.15, 0.2) is 0 Å². The lowest BCUT2D eigenvalue weighted by Gasteiger charge is -2.21. The van der Waals surface area contributed by atoms with Crippen LogP contribution in [0, 0.1) is 23.3 Å². The number of fused-ring (bicyclic) bond motifs is 1. The normalized spacial score (nSPS) is 14.1. The van der Waals surface area contributed by atoms with Gasteiger partial charge >= 0.3 is 5.97 Å². The first-order chi connectivity index (χ1) is 16.9. The number of nitrogens with one attached hydrogen (secondary N) is 1. The van der Waals surface area contributed by atoms with E-state index in [4.69, 9.17) is 0 Å². The third kappa shape index (κ3) is 4.30. The molecule has 0 saturated carbocycles. The molecule has 0 saturated heterocycles. The van der Waals surface area contributed by atoms with Crippen LogP contribution in [0.15, 0.2) is 48.5 Å². The molecule has 0 aromatic heterocycles. The van der Waals surface area contributed by atoms with Crippen molar-refractivity contribution in [1.82, 2.24) is 5.32 Å². The average molecular weight is 500 g/mol. The van der Waals surface area contributed by atoms with Crippen molar-refractivity contribution in [3.8, 4) is 0 Å². The van der Waals surface area contributed by atoms with Crippen LogP contribution in [-0.2, 0) is 23.3 Å². The molecular formula is C26H20F4N2O4. The predicted octanol–water partition coefficient (Wildman–Crippen LogP) is 4.70. The Bertz CT molecular complexity index is 1400. The van der Waals surface area contributed by atoms with Crippen molar-refractivity contribution in [3.63, 3.8) is 0 Å². The zero-order valence-corrected chi connectivity index (χ0v) is 19.2. The molecule has 1 aliphatic heterocycles. The van der Waals surface area contributed by atoms with E-state index in [-0.39, 0.29) is 28.9 Å². The molecule has 186 valence electrons. The first-order valence-electron chi connectivity index (χ1n) is 10.8. The number of halogens is 4. The minimum Gasteiger partial charge on any atom is -0.478 e. The Balaban J connectivity index is 1.66.